The Bertz CT molecular complexity index is 781. The lowest BCUT2D eigenvalue weighted by Gasteiger charge is -2.31. The first-order chi connectivity index (χ1) is 13.3. The van der Waals surface area contributed by atoms with Gasteiger partial charge in [0.1, 0.15) is 11.4 Å². The third kappa shape index (κ3) is 5.60. The molecule has 1 fully saturated rings. The van der Waals surface area contributed by atoms with E-state index in [4.69, 9.17) is 14.2 Å². The lowest BCUT2D eigenvalue weighted by atomic mass is 10.0. The van der Waals surface area contributed by atoms with Crippen molar-refractivity contribution in [2.24, 2.45) is 0 Å². The van der Waals surface area contributed by atoms with Gasteiger partial charge in [-0.05, 0) is 17.7 Å². The van der Waals surface area contributed by atoms with Gasteiger partial charge in [-0.3, -0.25) is 5.10 Å². The highest BCUT2D eigenvalue weighted by atomic mass is 19.4. The van der Waals surface area contributed by atoms with Crippen molar-refractivity contribution in [3.63, 3.8) is 0 Å². The molecule has 2 aromatic rings. The van der Waals surface area contributed by atoms with Crippen molar-refractivity contribution in [3.8, 4) is 11.6 Å². The Kier molecular flexibility index (Phi) is 7.47. The lowest BCUT2D eigenvalue weighted by molar-refractivity contribution is -0.186. The summed E-state index contributed by atoms with van der Waals surface area (Å²) < 4.78 is 56.2. The smallest absolute Gasteiger partial charge is 0.433 e. The van der Waals surface area contributed by atoms with Crippen LogP contribution in [-0.2, 0) is 17.3 Å². The molecule has 1 aromatic heterocycles. The van der Waals surface area contributed by atoms with E-state index in [2.05, 4.69) is 5.10 Å². The molecular weight excluding hydrogens is 397 g/mol. The van der Waals surface area contributed by atoms with E-state index in [0.29, 0.717) is 11.3 Å². The average molecular weight is 420 g/mol. The van der Waals surface area contributed by atoms with Crippen molar-refractivity contribution in [1.82, 2.24) is 10.2 Å². The molecule has 0 saturated carbocycles. The van der Waals surface area contributed by atoms with Gasteiger partial charge in [-0.15, -0.1) is 5.10 Å². The molecule has 3 rings (SSSR count). The van der Waals surface area contributed by atoms with Crippen LogP contribution in [0.4, 0.5) is 13.2 Å². The zero-order chi connectivity index (χ0) is 20.3. The number of aliphatic hydroxyl groups excluding tert-OH is 2. The molecule has 0 radical (unpaired) electrons. The number of rotatable bonds is 6. The summed E-state index contributed by atoms with van der Waals surface area (Å²) in [5, 5.41) is 24.7. The summed E-state index contributed by atoms with van der Waals surface area (Å²) in [7, 11) is 1.50. The fourth-order valence-corrected chi connectivity index (χ4v) is 3.06. The van der Waals surface area contributed by atoms with Crippen molar-refractivity contribution >= 4 is 0 Å². The molecule has 0 amide bonds. The Balaban J connectivity index is 0.00000300. The number of aliphatic hydroxyl groups is 2. The Morgan fingerprint density at radius 1 is 1.24 bits per heavy atom. The van der Waals surface area contributed by atoms with Crippen LogP contribution >= 0.6 is 0 Å². The summed E-state index contributed by atoms with van der Waals surface area (Å²) in [5.74, 6) is 0.335. The number of nitrogens with zero attached hydrogens (tertiary/aromatic N) is 1. The Labute approximate surface area is 164 Å². The molecule has 11 heteroatoms. The number of ether oxygens (including phenoxy) is 3. The molecular formula is C18H23F3N2O6. The van der Waals surface area contributed by atoms with Crippen LogP contribution in [0.5, 0.6) is 11.6 Å². The normalized spacial score (nSPS) is 22.1. The number of H-pyrrole nitrogens is 1. The van der Waals surface area contributed by atoms with Gasteiger partial charge >= 0.3 is 6.18 Å². The highest BCUT2D eigenvalue weighted by molar-refractivity contribution is 5.39. The van der Waals surface area contributed by atoms with Crippen molar-refractivity contribution in [3.05, 3.63) is 41.1 Å². The van der Waals surface area contributed by atoms with Gasteiger partial charge in [-0.25, -0.2) is 0 Å². The van der Waals surface area contributed by atoms with Gasteiger partial charge in [-0.2, -0.15) is 13.2 Å². The van der Waals surface area contributed by atoms with Crippen molar-refractivity contribution in [2.45, 2.75) is 43.9 Å². The standard InChI is InChI=1S/C18H21F3N2O5.H2O/c1-26-12-4-2-10(3-5-12)6-14-16(18(19,20)21)22-23-17(14)28-15-8-11(25)7-13(9-24)27-15;/h2-5,11,13,15,24-25H,6-9H2,1H3,(H,22,23);1H2. The van der Waals surface area contributed by atoms with Crippen molar-refractivity contribution in [1.29, 1.82) is 0 Å². The number of methoxy groups -OCH3 is 1. The summed E-state index contributed by atoms with van der Waals surface area (Å²) in [4.78, 5) is 0. The van der Waals surface area contributed by atoms with E-state index in [1.165, 1.54) is 7.11 Å². The molecule has 8 nitrogen and oxygen atoms in total. The zero-order valence-corrected chi connectivity index (χ0v) is 15.6. The quantitative estimate of drug-likeness (QED) is 0.649. The second kappa shape index (κ2) is 9.44. The summed E-state index contributed by atoms with van der Waals surface area (Å²) in [6, 6.07) is 6.60. The van der Waals surface area contributed by atoms with E-state index in [1.54, 1.807) is 24.3 Å². The van der Waals surface area contributed by atoms with Crippen LogP contribution < -0.4 is 9.47 Å². The summed E-state index contributed by atoms with van der Waals surface area (Å²) in [6.45, 7) is -0.329. The van der Waals surface area contributed by atoms with Crippen LogP contribution in [0.15, 0.2) is 24.3 Å². The predicted octanol–water partition coefficient (Wildman–Crippen LogP) is 1.44. The van der Waals surface area contributed by atoms with Crippen LogP contribution in [0.2, 0.25) is 0 Å². The summed E-state index contributed by atoms with van der Waals surface area (Å²) >= 11 is 0. The van der Waals surface area contributed by atoms with Gasteiger partial charge in [-0.1, -0.05) is 12.1 Å². The second-order valence-electron chi connectivity index (χ2n) is 6.52. The van der Waals surface area contributed by atoms with E-state index in [1.807, 2.05) is 5.10 Å². The number of benzene rings is 1. The minimum Gasteiger partial charge on any atom is -0.497 e. The van der Waals surface area contributed by atoms with Crippen LogP contribution in [0.25, 0.3) is 0 Å². The van der Waals surface area contributed by atoms with Crippen molar-refractivity contribution in [2.75, 3.05) is 13.7 Å². The maximum atomic E-state index is 13.4. The minimum absolute atomic E-state index is 0. The second-order valence-corrected chi connectivity index (χ2v) is 6.52. The maximum Gasteiger partial charge on any atom is 0.433 e. The number of nitrogens with one attached hydrogen (secondary N) is 1. The van der Waals surface area contributed by atoms with Crippen molar-refractivity contribution < 1.29 is 43.1 Å². The van der Waals surface area contributed by atoms with Crippen LogP contribution in [0, 0.1) is 0 Å². The molecule has 2 heterocycles. The highest BCUT2D eigenvalue weighted by Crippen LogP contribution is 2.36. The Hall–Kier alpha value is -2.34. The molecule has 162 valence electrons. The summed E-state index contributed by atoms with van der Waals surface area (Å²) in [6.07, 6.45) is -6.89. The van der Waals surface area contributed by atoms with Crippen LogP contribution in [0.1, 0.15) is 29.7 Å². The zero-order valence-electron chi connectivity index (χ0n) is 15.6. The first kappa shape index (κ1) is 22.9. The first-order valence-electron chi connectivity index (χ1n) is 8.68. The van der Waals surface area contributed by atoms with Gasteiger partial charge in [0.05, 0.1) is 31.5 Å². The SMILES string of the molecule is COc1ccc(Cc2c(OC3CC(O)CC(CO)O3)n[nH]c2C(F)(F)F)cc1.O. The number of aromatic amines is 1. The van der Waals surface area contributed by atoms with Crippen LogP contribution in [0.3, 0.4) is 0 Å². The molecule has 1 aliphatic heterocycles. The molecule has 0 bridgehead atoms. The first-order valence-corrected chi connectivity index (χ1v) is 8.68. The summed E-state index contributed by atoms with van der Waals surface area (Å²) in [5.41, 5.74) is -0.564. The number of hydrogen-bond donors (Lipinski definition) is 3. The number of halogens is 3. The Morgan fingerprint density at radius 3 is 2.52 bits per heavy atom. The number of hydrogen-bond acceptors (Lipinski definition) is 6. The Morgan fingerprint density at radius 2 is 1.93 bits per heavy atom. The fraction of sp³-hybridized carbons (Fsp3) is 0.500. The molecule has 29 heavy (non-hydrogen) atoms. The lowest BCUT2D eigenvalue weighted by Crippen LogP contribution is -2.40. The fourth-order valence-electron chi connectivity index (χ4n) is 3.06. The number of aromatic nitrogens is 2. The molecule has 3 atom stereocenters. The third-order valence-electron chi connectivity index (χ3n) is 4.44. The van der Waals surface area contributed by atoms with Gasteiger partial charge < -0.3 is 29.9 Å². The predicted molar refractivity (Wildman–Crippen MR) is 94.6 cm³/mol. The van der Waals surface area contributed by atoms with E-state index in [0.717, 1.165) is 0 Å². The topological polar surface area (TPSA) is 128 Å². The molecule has 1 aromatic carbocycles. The number of alkyl halides is 3. The molecule has 1 saturated heterocycles. The molecule has 0 aliphatic carbocycles. The highest BCUT2D eigenvalue weighted by Gasteiger charge is 2.39. The van der Waals surface area contributed by atoms with E-state index >= 15 is 0 Å². The molecule has 5 N–H and O–H groups in total. The van der Waals surface area contributed by atoms with E-state index in [9.17, 15) is 23.4 Å². The van der Waals surface area contributed by atoms with Gasteiger partial charge in [0.25, 0.3) is 0 Å². The largest absolute Gasteiger partial charge is 0.497 e. The van der Waals surface area contributed by atoms with Gasteiger partial charge in [0.2, 0.25) is 12.2 Å². The molecule has 1 aliphatic rings. The molecule has 3 unspecified atom stereocenters. The monoisotopic (exact) mass is 420 g/mol. The minimum atomic E-state index is -4.64. The van der Waals surface area contributed by atoms with E-state index in [-0.39, 0.29) is 42.8 Å². The third-order valence-corrected chi connectivity index (χ3v) is 4.44. The maximum absolute atomic E-state index is 13.4. The molecule has 0 spiro atoms. The van der Waals surface area contributed by atoms with Gasteiger partial charge in [0.15, 0.2) is 0 Å². The van der Waals surface area contributed by atoms with E-state index < -0.39 is 30.4 Å². The van der Waals surface area contributed by atoms with Gasteiger partial charge in [0, 0.05) is 19.3 Å². The average Bonchev–Trinajstić information content (AvgIpc) is 3.04. The van der Waals surface area contributed by atoms with Crippen LogP contribution in [-0.4, -0.2) is 58.1 Å².